The van der Waals surface area contributed by atoms with E-state index in [9.17, 15) is 4.79 Å². The Morgan fingerprint density at radius 3 is 2.81 bits per heavy atom. The van der Waals surface area contributed by atoms with E-state index in [0.717, 1.165) is 41.8 Å². The van der Waals surface area contributed by atoms with Crippen LogP contribution in [-0.2, 0) is 17.6 Å². The zero-order valence-corrected chi connectivity index (χ0v) is 16.8. The Morgan fingerprint density at radius 2 is 2.00 bits per heavy atom. The number of anilines is 1. The van der Waals surface area contributed by atoms with E-state index < -0.39 is 0 Å². The van der Waals surface area contributed by atoms with Gasteiger partial charge in [0.05, 0.1) is 11.1 Å². The largest absolute Gasteiger partial charge is 0.383 e. The van der Waals surface area contributed by atoms with Crippen LogP contribution in [-0.4, -0.2) is 27.7 Å². The first-order chi connectivity index (χ1) is 12.6. The van der Waals surface area contributed by atoms with Crippen LogP contribution in [0.15, 0.2) is 5.16 Å². The molecular weight excluding hydrogens is 364 g/mol. The van der Waals surface area contributed by atoms with E-state index in [2.05, 4.69) is 22.2 Å². The molecule has 0 unspecified atom stereocenters. The normalized spacial score (nSPS) is 23.0. The Bertz CT molecular complexity index is 811. The van der Waals surface area contributed by atoms with E-state index >= 15 is 0 Å². The highest BCUT2D eigenvalue weighted by Crippen LogP contribution is 2.38. The van der Waals surface area contributed by atoms with Crippen molar-refractivity contribution in [3.63, 3.8) is 0 Å². The average Bonchev–Trinajstić information content (AvgIpc) is 3.01. The summed E-state index contributed by atoms with van der Waals surface area (Å²) >= 11 is 3.13. The molecule has 0 aliphatic heterocycles. The lowest BCUT2D eigenvalue weighted by Crippen LogP contribution is -2.38. The summed E-state index contributed by atoms with van der Waals surface area (Å²) in [5.41, 5.74) is 7.59. The molecule has 2 aromatic heterocycles. The van der Waals surface area contributed by atoms with Crippen molar-refractivity contribution >= 4 is 45.0 Å². The fourth-order valence-electron chi connectivity index (χ4n) is 4.03. The zero-order chi connectivity index (χ0) is 18.1. The summed E-state index contributed by atoms with van der Waals surface area (Å²) in [5.74, 6) is 1.78. The number of rotatable bonds is 4. The molecule has 5 nitrogen and oxygen atoms in total. The van der Waals surface area contributed by atoms with Gasteiger partial charge in [-0.15, -0.1) is 11.3 Å². The van der Waals surface area contributed by atoms with Gasteiger partial charge >= 0.3 is 0 Å². The number of nitrogens with two attached hydrogens (primary N) is 1. The number of nitrogen functional groups attached to an aromatic ring is 1. The van der Waals surface area contributed by atoms with Gasteiger partial charge in [-0.25, -0.2) is 9.97 Å². The monoisotopic (exact) mass is 390 g/mol. The molecule has 7 heteroatoms. The molecule has 3 N–H and O–H groups in total. The number of carbonyl (C=O) groups is 1. The van der Waals surface area contributed by atoms with Gasteiger partial charge in [0.1, 0.15) is 10.6 Å². The summed E-state index contributed by atoms with van der Waals surface area (Å²) in [6.45, 7) is 2.29. The lowest BCUT2D eigenvalue weighted by Gasteiger charge is -2.26. The quantitative estimate of drug-likeness (QED) is 0.610. The molecule has 140 valence electrons. The van der Waals surface area contributed by atoms with Crippen LogP contribution in [0.1, 0.15) is 55.9 Å². The van der Waals surface area contributed by atoms with Crippen LogP contribution in [0.3, 0.4) is 0 Å². The van der Waals surface area contributed by atoms with Crippen molar-refractivity contribution in [1.29, 1.82) is 0 Å². The Hall–Kier alpha value is -1.34. The van der Waals surface area contributed by atoms with Crippen LogP contribution in [0, 0.1) is 5.92 Å². The lowest BCUT2D eigenvalue weighted by molar-refractivity contribution is -0.119. The molecule has 0 saturated heterocycles. The molecule has 0 bridgehead atoms. The molecule has 26 heavy (non-hydrogen) atoms. The van der Waals surface area contributed by atoms with Crippen molar-refractivity contribution in [2.75, 3.05) is 11.5 Å². The first-order valence-corrected chi connectivity index (χ1v) is 11.4. The fraction of sp³-hybridized carbons (Fsp3) is 0.632. The van der Waals surface area contributed by atoms with Gasteiger partial charge in [0, 0.05) is 10.9 Å². The Labute approximate surface area is 162 Å². The standard InChI is InChI=1S/C19H26N4OS2/c1-11-6-8-12(9-7-11)21-15(24)10-25-19-22-17(20)16-13-4-2-3-5-14(13)26-18(16)23-19/h11-12H,2-10H2,1H3,(H,21,24)(H2,20,22,23). The van der Waals surface area contributed by atoms with E-state index in [4.69, 9.17) is 5.73 Å². The number of nitrogens with zero attached hydrogens (tertiary/aromatic N) is 2. The van der Waals surface area contributed by atoms with Crippen molar-refractivity contribution in [2.24, 2.45) is 5.92 Å². The smallest absolute Gasteiger partial charge is 0.230 e. The van der Waals surface area contributed by atoms with E-state index in [-0.39, 0.29) is 5.91 Å². The minimum absolute atomic E-state index is 0.0716. The third-order valence-corrected chi connectivity index (χ3v) is 7.57. The number of amides is 1. The minimum atomic E-state index is 0.0716. The molecular formula is C19H26N4OS2. The SMILES string of the molecule is CC1CCC(NC(=O)CSc2nc(N)c3c4c(sc3n2)CCCC4)CC1. The molecule has 0 atom stereocenters. The molecule has 1 fully saturated rings. The number of aromatic nitrogens is 2. The predicted octanol–water partition coefficient (Wildman–Crippen LogP) is 3.94. The Kier molecular flexibility index (Phi) is 5.36. The molecule has 0 spiro atoms. The number of thiophene rings is 1. The van der Waals surface area contributed by atoms with Crippen LogP contribution in [0.4, 0.5) is 5.82 Å². The molecule has 2 aliphatic carbocycles. The zero-order valence-electron chi connectivity index (χ0n) is 15.2. The molecule has 2 aromatic rings. The third kappa shape index (κ3) is 3.83. The second-order valence-corrected chi connectivity index (χ2v) is 9.62. The van der Waals surface area contributed by atoms with Gasteiger partial charge < -0.3 is 11.1 Å². The second kappa shape index (κ2) is 7.72. The van der Waals surface area contributed by atoms with E-state index in [0.29, 0.717) is 22.8 Å². The van der Waals surface area contributed by atoms with Gasteiger partial charge in [-0.2, -0.15) is 0 Å². The number of hydrogen-bond donors (Lipinski definition) is 2. The van der Waals surface area contributed by atoms with Gasteiger partial charge in [0.15, 0.2) is 5.16 Å². The molecule has 4 rings (SSSR count). The fourth-order valence-corrected chi connectivity index (χ4v) is 6.02. The van der Waals surface area contributed by atoms with E-state index in [1.807, 2.05) is 0 Å². The van der Waals surface area contributed by atoms with Gasteiger partial charge in [0.25, 0.3) is 0 Å². The molecule has 0 radical (unpaired) electrons. The topological polar surface area (TPSA) is 80.9 Å². The van der Waals surface area contributed by atoms with Crippen LogP contribution in [0.2, 0.25) is 0 Å². The first-order valence-electron chi connectivity index (χ1n) is 9.60. The number of thioether (sulfide) groups is 1. The Morgan fingerprint density at radius 1 is 1.23 bits per heavy atom. The van der Waals surface area contributed by atoms with Crippen molar-refractivity contribution in [3.8, 4) is 0 Å². The highest BCUT2D eigenvalue weighted by molar-refractivity contribution is 7.99. The van der Waals surface area contributed by atoms with Crippen LogP contribution >= 0.6 is 23.1 Å². The molecule has 0 aromatic carbocycles. The Balaban J connectivity index is 1.40. The molecule has 2 aliphatic rings. The average molecular weight is 391 g/mol. The maximum absolute atomic E-state index is 12.3. The van der Waals surface area contributed by atoms with E-state index in [1.165, 1.54) is 47.9 Å². The number of fused-ring (bicyclic) bond motifs is 3. The van der Waals surface area contributed by atoms with Gasteiger partial charge in [-0.1, -0.05) is 18.7 Å². The van der Waals surface area contributed by atoms with Crippen molar-refractivity contribution in [3.05, 3.63) is 10.4 Å². The van der Waals surface area contributed by atoms with Crippen LogP contribution in [0.25, 0.3) is 10.2 Å². The van der Waals surface area contributed by atoms with Crippen LogP contribution in [0.5, 0.6) is 0 Å². The summed E-state index contributed by atoms with van der Waals surface area (Å²) in [6.07, 6.45) is 9.26. The van der Waals surface area contributed by atoms with Crippen molar-refractivity contribution in [1.82, 2.24) is 15.3 Å². The molecule has 2 heterocycles. The second-order valence-electron chi connectivity index (χ2n) is 7.60. The highest BCUT2D eigenvalue weighted by Gasteiger charge is 2.22. The van der Waals surface area contributed by atoms with E-state index in [1.54, 1.807) is 11.3 Å². The van der Waals surface area contributed by atoms with Crippen LogP contribution < -0.4 is 11.1 Å². The number of nitrogens with one attached hydrogen (secondary N) is 1. The predicted molar refractivity (Wildman–Crippen MR) is 109 cm³/mol. The summed E-state index contributed by atoms with van der Waals surface area (Å²) in [4.78, 5) is 23.8. The number of aryl methyl sites for hydroxylation is 2. The third-order valence-electron chi connectivity index (χ3n) is 5.54. The minimum Gasteiger partial charge on any atom is -0.383 e. The summed E-state index contributed by atoms with van der Waals surface area (Å²) in [5, 5.41) is 4.82. The first kappa shape index (κ1) is 18.0. The maximum atomic E-state index is 12.3. The van der Waals surface area contributed by atoms with Crippen molar-refractivity contribution in [2.45, 2.75) is 69.5 Å². The van der Waals surface area contributed by atoms with Gasteiger partial charge in [-0.05, 0) is 62.8 Å². The maximum Gasteiger partial charge on any atom is 0.230 e. The number of hydrogen-bond acceptors (Lipinski definition) is 6. The summed E-state index contributed by atoms with van der Waals surface area (Å²) in [7, 11) is 0. The molecule has 1 saturated carbocycles. The highest BCUT2D eigenvalue weighted by atomic mass is 32.2. The van der Waals surface area contributed by atoms with Gasteiger partial charge in [0.2, 0.25) is 5.91 Å². The lowest BCUT2D eigenvalue weighted by atomic mass is 9.87. The summed E-state index contributed by atoms with van der Waals surface area (Å²) in [6, 6.07) is 0.330. The van der Waals surface area contributed by atoms with Gasteiger partial charge in [-0.3, -0.25) is 4.79 Å². The number of carbonyl (C=O) groups excluding carboxylic acids is 1. The van der Waals surface area contributed by atoms with Crippen molar-refractivity contribution < 1.29 is 4.79 Å². The molecule has 1 amide bonds. The summed E-state index contributed by atoms with van der Waals surface area (Å²) < 4.78 is 0.